The molecule has 2 aromatic carbocycles. The zero-order valence-electron chi connectivity index (χ0n) is 21.1. The minimum Gasteiger partial charge on any atom is -0.479 e. The van der Waals surface area contributed by atoms with Gasteiger partial charge in [0.2, 0.25) is 0 Å². The van der Waals surface area contributed by atoms with Crippen LogP contribution in [0.4, 0.5) is 4.79 Å². The Kier molecular flexibility index (Phi) is 5.87. The van der Waals surface area contributed by atoms with Crippen LogP contribution in [0.25, 0.3) is 33.0 Å². The fourth-order valence-electron chi connectivity index (χ4n) is 4.60. The number of fused-ring (bicyclic) bond motifs is 2. The first-order chi connectivity index (χ1) is 17.5. The molecule has 37 heavy (non-hydrogen) atoms. The van der Waals surface area contributed by atoms with Crippen LogP contribution >= 0.6 is 11.6 Å². The fourth-order valence-corrected chi connectivity index (χ4v) is 4.78. The van der Waals surface area contributed by atoms with Gasteiger partial charge in [0.1, 0.15) is 5.60 Å². The van der Waals surface area contributed by atoms with Crippen LogP contribution < -0.4 is 4.74 Å². The van der Waals surface area contributed by atoms with Gasteiger partial charge >= 0.3 is 6.09 Å². The molecule has 190 valence electrons. The molecule has 1 aliphatic rings. The molecule has 2 amide bonds. The predicted octanol–water partition coefficient (Wildman–Crippen LogP) is 5.87. The topological polar surface area (TPSA) is 93.6 Å². The van der Waals surface area contributed by atoms with Crippen LogP contribution in [-0.4, -0.2) is 51.6 Å². The van der Waals surface area contributed by atoms with Gasteiger partial charge in [-0.15, -0.1) is 0 Å². The van der Waals surface area contributed by atoms with Crippen molar-refractivity contribution in [2.45, 2.75) is 33.3 Å². The maximum absolute atomic E-state index is 13.6. The summed E-state index contributed by atoms with van der Waals surface area (Å²) >= 11 is 6.31. The lowest BCUT2D eigenvalue weighted by atomic mass is 9.95. The monoisotopic (exact) mass is 519 g/mol. The molecular weight excluding hydrogens is 494 g/mol. The van der Waals surface area contributed by atoms with Crippen LogP contribution in [0.3, 0.4) is 0 Å². The third kappa shape index (κ3) is 4.07. The fraction of sp³-hybridized carbons (Fsp3) is 0.250. The number of nitrogens with zero attached hydrogens (tertiary/aromatic N) is 2. The van der Waals surface area contributed by atoms with Gasteiger partial charge in [-0.3, -0.25) is 19.1 Å². The molecule has 3 heterocycles. The van der Waals surface area contributed by atoms with Crippen molar-refractivity contribution in [3.63, 3.8) is 0 Å². The average Bonchev–Trinajstić information content (AvgIpc) is 3.44. The Morgan fingerprint density at radius 2 is 1.73 bits per heavy atom. The zero-order chi connectivity index (χ0) is 26.6. The molecule has 9 heteroatoms. The van der Waals surface area contributed by atoms with Crippen molar-refractivity contribution in [2.75, 3.05) is 13.7 Å². The highest BCUT2D eigenvalue weighted by molar-refractivity contribution is 6.51. The quantitative estimate of drug-likeness (QED) is 0.340. The Morgan fingerprint density at radius 3 is 2.43 bits per heavy atom. The second-order valence-electron chi connectivity index (χ2n) is 9.78. The van der Waals surface area contributed by atoms with Gasteiger partial charge in [0, 0.05) is 40.1 Å². The summed E-state index contributed by atoms with van der Waals surface area (Å²) in [6, 6.07) is 12.4. The molecule has 8 nitrogen and oxygen atoms in total. The van der Waals surface area contributed by atoms with E-state index in [-0.39, 0.29) is 11.1 Å². The van der Waals surface area contributed by atoms with Crippen LogP contribution in [0.2, 0.25) is 5.02 Å². The van der Waals surface area contributed by atoms with E-state index in [1.54, 1.807) is 57.3 Å². The standard InChI is InChI=1S/C28H26ClN3O5/c1-6-36-24-21(17-13-15(29)11-12-19(17)30-24)23-22(25(33)31(5)26(23)34)18-14-32(27(35)37-28(2,3)4)20-10-8-7-9-16(18)20/h7-14,30H,6H2,1-5H3. The Hall–Kier alpha value is -4.04. The first-order valence-corrected chi connectivity index (χ1v) is 12.2. The predicted molar refractivity (Wildman–Crippen MR) is 143 cm³/mol. The third-order valence-electron chi connectivity index (χ3n) is 6.12. The number of aromatic nitrogens is 2. The summed E-state index contributed by atoms with van der Waals surface area (Å²) in [7, 11) is 1.44. The van der Waals surface area contributed by atoms with Crippen molar-refractivity contribution in [1.29, 1.82) is 0 Å². The molecule has 1 aliphatic heterocycles. The minimum atomic E-state index is -0.720. The third-order valence-corrected chi connectivity index (χ3v) is 6.36. The number of hydrogen-bond donors (Lipinski definition) is 1. The Balaban J connectivity index is 1.84. The Morgan fingerprint density at radius 1 is 1.03 bits per heavy atom. The number of imide groups is 1. The minimum absolute atomic E-state index is 0.174. The number of H-pyrrole nitrogens is 1. The van der Waals surface area contributed by atoms with Crippen molar-refractivity contribution >= 4 is 62.5 Å². The van der Waals surface area contributed by atoms with Gasteiger partial charge in [0.05, 0.1) is 28.8 Å². The van der Waals surface area contributed by atoms with Gasteiger partial charge in [-0.2, -0.15) is 0 Å². The van der Waals surface area contributed by atoms with Gasteiger partial charge in [-0.25, -0.2) is 4.79 Å². The van der Waals surface area contributed by atoms with Gasteiger partial charge in [-0.1, -0.05) is 29.8 Å². The van der Waals surface area contributed by atoms with Crippen molar-refractivity contribution in [2.24, 2.45) is 0 Å². The molecule has 5 rings (SSSR count). The summed E-state index contributed by atoms with van der Waals surface area (Å²) in [5.41, 5.74) is 1.79. The van der Waals surface area contributed by atoms with E-state index in [1.807, 2.05) is 19.1 Å². The number of amides is 2. The number of hydrogen-bond acceptors (Lipinski definition) is 5. The maximum atomic E-state index is 13.6. The number of benzene rings is 2. The highest BCUT2D eigenvalue weighted by Gasteiger charge is 2.41. The Labute approximate surface area is 218 Å². The van der Waals surface area contributed by atoms with Crippen LogP contribution in [-0.2, 0) is 14.3 Å². The maximum Gasteiger partial charge on any atom is 0.419 e. The van der Waals surface area contributed by atoms with E-state index in [2.05, 4.69) is 4.98 Å². The molecule has 0 atom stereocenters. The lowest BCUT2D eigenvalue weighted by Gasteiger charge is -2.19. The molecule has 0 bridgehead atoms. The molecule has 0 fully saturated rings. The number of likely N-dealkylation sites (N-methyl/N-ethyl adjacent to an activating group) is 1. The molecule has 1 N–H and O–H groups in total. The van der Waals surface area contributed by atoms with E-state index in [0.717, 1.165) is 4.90 Å². The summed E-state index contributed by atoms with van der Waals surface area (Å²) in [5, 5.41) is 1.76. The number of carbonyl (C=O) groups excluding carboxylic acids is 3. The van der Waals surface area contributed by atoms with E-state index in [0.29, 0.717) is 50.4 Å². The van der Waals surface area contributed by atoms with Gasteiger partial charge < -0.3 is 14.5 Å². The number of nitrogens with one attached hydrogen (secondary N) is 1. The van der Waals surface area contributed by atoms with E-state index >= 15 is 0 Å². The largest absolute Gasteiger partial charge is 0.479 e. The number of para-hydroxylation sites is 1. The normalized spacial score (nSPS) is 14.4. The lowest BCUT2D eigenvalue weighted by molar-refractivity contribution is -0.134. The second-order valence-corrected chi connectivity index (χ2v) is 10.2. The summed E-state index contributed by atoms with van der Waals surface area (Å²) in [5.74, 6) is -0.596. The SMILES string of the molecule is CCOc1[nH]c2ccc(Cl)cc2c1C1=C(c2cn(C(=O)OC(C)(C)C)c3ccccc23)C(=O)N(C)C1=O. The average molecular weight is 520 g/mol. The lowest BCUT2D eigenvalue weighted by Crippen LogP contribution is -2.27. The number of aromatic amines is 1. The van der Waals surface area contributed by atoms with E-state index in [9.17, 15) is 14.4 Å². The number of carbonyl (C=O) groups is 3. The summed E-state index contributed by atoms with van der Waals surface area (Å²) in [6.45, 7) is 7.52. The van der Waals surface area contributed by atoms with E-state index in [4.69, 9.17) is 21.1 Å². The summed E-state index contributed by atoms with van der Waals surface area (Å²) < 4.78 is 12.8. The molecule has 0 saturated carbocycles. The number of rotatable bonds is 4. The number of ether oxygens (including phenoxy) is 2. The van der Waals surface area contributed by atoms with Crippen molar-refractivity contribution in [3.05, 3.63) is 64.8 Å². The molecule has 0 saturated heterocycles. The molecule has 0 spiro atoms. The summed E-state index contributed by atoms with van der Waals surface area (Å²) in [4.78, 5) is 44.6. The van der Waals surface area contributed by atoms with Crippen LogP contribution in [0, 0.1) is 0 Å². The molecule has 2 aromatic heterocycles. The van der Waals surface area contributed by atoms with Crippen LogP contribution in [0.15, 0.2) is 48.7 Å². The van der Waals surface area contributed by atoms with Gasteiger partial charge in [-0.05, 0) is 52.0 Å². The molecule has 4 aromatic rings. The zero-order valence-corrected chi connectivity index (χ0v) is 21.9. The first kappa shape index (κ1) is 24.6. The molecular formula is C28H26ClN3O5. The van der Waals surface area contributed by atoms with E-state index in [1.165, 1.54) is 11.6 Å². The van der Waals surface area contributed by atoms with Crippen molar-refractivity contribution in [1.82, 2.24) is 14.5 Å². The highest BCUT2D eigenvalue weighted by Crippen LogP contribution is 2.44. The highest BCUT2D eigenvalue weighted by atomic mass is 35.5. The molecule has 0 aliphatic carbocycles. The van der Waals surface area contributed by atoms with Crippen LogP contribution in [0.1, 0.15) is 38.8 Å². The Bertz CT molecular complexity index is 1640. The molecule has 0 unspecified atom stereocenters. The summed E-state index contributed by atoms with van der Waals surface area (Å²) in [6.07, 6.45) is 0.969. The van der Waals surface area contributed by atoms with Crippen molar-refractivity contribution in [3.8, 4) is 5.88 Å². The first-order valence-electron chi connectivity index (χ1n) is 11.9. The van der Waals surface area contributed by atoms with Crippen LogP contribution in [0.5, 0.6) is 5.88 Å². The van der Waals surface area contributed by atoms with E-state index < -0.39 is 23.5 Å². The van der Waals surface area contributed by atoms with Gasteiger partial charge in [0.15, 0.2) is 5.88 Å². The smallest absolute Gasteiger partial charge is 0.419 e. The second kappa shape index (κ2) is 8.81. The van der Waals surface area contributed by atoms with Crippen molar-refractivity contribution < 1.29 is 23.9 Å². The molecule has 0 radical (unpaired) electrons. The number of halogens is 1. The van der Waals surface area contributed by atoms with Gasteiger partial charge in [0.25, 0.3) is 11.8 Å².